The third-order valence-corrected chi connectivity index (χ3v) is 4.81. The highest BCUT2D eigenvalue weighted by atomic mass is 16.1. The summed E-state index contributed by atoms with van der Waals surface area (Å²) in [5.74, 6) is -0.0730. The van der Waals surface area contributed by atoms with Crippen LogP contribution in [-0.2, 0) is 0 Å². The van der Waals surface area contributed by atoms with E-state index >= 15 is 0 Å². The van der Waals surface area contributed by atoms with Crippen LogP contribution in [0.5, 0.6) is 0 Å². The smallest absolute Gasteiger partial charge is 0.185 e. The Labute approximate surface area is 135 Å². The molecule has 1 saturated heterocycles. The zero-order valence-electron chi connectivity index (χ0n) is 12.6. The van der Waals surface area contributed by atoms with Crippen LogP contribution in [0.1, 0.15) is 33.9 Å². The molecule has 2 aliphatic rings. The SMILES string of the molecule is N#C[C@H]1C[C@H](C(=O)c2ccccc2)N2C=Cc3ccccc3[C@H]12. The van der Waals surface area contributed by atoms with Crippen LogP contribution >= 0.6 is 0 Å². The molecule has 3 heteroatoms. The second-order valence-corrected chi connectivity index (χ2v) is 6.05. The summed E-state index contributed by atoms with van der Waals surface area (Å²) in [4.78, 5) is 15.0. The summed E-state index contributed by atoms with van der Waals surface area (Å²) < 4.78 is 0. The Morgan fingerprint density at radius 3 is 2.61 bits per heavy atom. The molecule has 0 N–H and O–H groups in total. The highest BCUT2D eigenvalue weighted by Gasteiger charge is 2.45. The van der Waals surface area contributed by atoms with E-state index in [0.29, 0.717) is 12.0 Å². The predicted molar refractivity (Wildman–Crippen MR) is 88.3 cm³/mol. The third-order valence-electron chi connectivity index (χ3n) is 4.81. The number of carbonyl (C=O) groups is 1. The highest BCUT2D eigenvalue weighted by Crippen LogP contribution is 2.45. The van der Waals surface area contributed by atoms with Crippen molar-refractivity contribution in [2.75, 3.05) is 0 Å². The van der Waals surface area contributed by atoms with Gasteiger partial charge in [-0.1, -0.05) is 54.6 Å². The summed E-state index contributed by atoms with van der Waals surface area (Å²) in [5.41, 5.74) is 2.99. The molecule has 2 aromatic rings. The van der Waals surface area contributed by atoms with Crippen LogP contribution in [0.4, 0.5) is 0 Å². The zero-order valence-corrected chi connectivity index (χ0v) is 12.6. The van der Waals surface area contributed by atoms with Crippen molar-refractivity contribution >= 4 is 11.9 Å². The second-order valence-electron chi connectivity index (χ2n) is 6.05. The molecule has 0 bridgehead atoms. The first-order valence-corrected chi connectivity index (χ1v) is 7.83. The van der Waals surface area contributed by atoms with Gasteiger partial charge in [-0.3, -0.25) is 4.79 Å². The van der Waals surface area contributed by atoms with Crippen molar-refractivity contribution in [3.63, 3.8) is 0 Å². The van der Waals surface area contributed by atoms with Crippen LogP contribution in [0.3, 0.4) is 0 Å². The molecule has 2 aliphatic heterocycles. The lowest BCUT2D eigenvalue weighted by Gasteiger charge is -2.33. The van der Waals surface area contributed by atoms with Crippen molar-refractivity contribution < 1.29 is 4.79 Å². The van der Waals surface area contributed by atoms with Crippen LogP contribution in [0.25, 0.3) is 6.08 Å². The Morgan fingerprint density at radius 1 is 1.09 bits per heavy atom. The van der Waals surface area contributed by atoms with E-state index in [2.05, 4.69) is 23.1 Å². The van der Waals surface area contributed by atoms with E-state index in [1.807, 2.05) is 54.7 Å². The average Bonchev–Trinajstić information content (AvgIpc) is 3.01. The van der Waals surface area contributed by atoms with E-state index in [-0.39, 0.29) is 23.8 Å². The molecule has 0 aliphatic carbocycles. The maximum atomic E-state index is 12.9. The van der Waals surface area contributed by atoms with Crippen LogP contribution in [0, 0.1) is 17.2 Å². The number of carbonyl (C=O) groups excluding carboxylic acids is 1. The maximum Gasteiger partial charge on any atom is 0.185 e. The number of benzene rings is 2. The average molecular weight is 300 g/mol. The van der Waals surface area contributed by atoms with Gasteiger partial charge >= 0.3 is 0 Å². The lowest BCUT2D eigenvalue weighted by atomic mass is 9.89. The molecule has 3 nitrogen and oxygen atoms in total. The summed E-state index contributed by atoms with van der Waals surface area (Å²) in [6.07, 6.45) is 4.60. The van der Waals surface area contributed by atoms with Crippen LogP contribution in [0.2, 0.25) is 0 Å². The molecule has 0 saturated carbocycles. The number of hydrogen-bond donors (Lipinski definition) is 0. The number of rotatable bonds is 2. The fourth-order valence-electron chi connectivity index (χ4n) is 3.73. The van der Waals surface area contributed by atoms with E-state index in [9.17, 15) is 10.1 Å². The lowest BCUT2D eigenvalue weighted by Crippen LogP contribution is -2.35. The molecule has 112 valence electrons. The molecule has 1 fully saturated rings. The van der Waals surface area contributed by atoms with Gasteiger partial charge in [0.05, 0.1) is 24.1 Å². The first-order valence-electron chi connectivity index (χ1n) is 7.83. The molecular weight excluding hydrogens is 284 g/mol. The molecule has 3 atom stereocenters. The molecule has 4 rings (SSSR count). The quantitative estimate of drug-likeness (QED) is 0.792. The number of Topliss-reactive ketones (excluding diaryl/α,β-unsaturated/α-hetero) is 1. The minimum atomic E-state index is -0.267. The first-order chi connectivity index (χ1) is 11.3. The Balaban J connectivity index is 1.74. The van der Waals surface area contributed by atoms with Gasteiger partial charge in [-0.15, -0.1) is 0 Å². The number of fused-ring (bicyclic) bond motifs is 3. The molecular formula is C20H16N2O. The first kappa shape index (κ1) is 13.8. The van der Waals surface area contributed by atoms with E-state index in [0.717, 1.165) is 11.1 Å². The number of nitriles is 1. The van der Waals surface area contributed by atoms with Crippen molar-refractivity contribution in [3.05, 3.63) is 77.5 Å². The molecule has 23 heavy (non-hydrogen) atoms. The van der Waals surface area contributed by atoms with E-state index < -0.39 is 0 Å². The Bertz CT molecular complexity index is 819. The summed E-state index contributed by atoms with van der Waals surface area (Å²) in [5, 5.41) is 9.59. The van der Waals surface area contributed by atoms with Crippen LogP contribution in [0.15, 0.2) is 60.8 Å². The standard InChI is InChI=1S/C20H16N2O/c21-13-16-12-18(20(23)15-7-2-1-3-8-15)22-11-10-14-6-4-5-9-17(14)19(16)22/h1-11,16,18-19H,12H2/t16-,18-,19+/m1/s1. The van der Waals surface area contributed by atoms with Crippen LogP contribution in [-0.4, -0.2) is 16.7 Å². The molecule has 0 radical (unpaired) electrons. The van der Waals surface area contributed by atoms with Crippen molar-refractivity contribution in [1.29, 1.82) is 5.26 Å². The summed E-state index contributed by atoms with van der Waals surface area (Å²) in [6, 6.07) is 19.6. The van der Waals surface area contributed by atoms with Gasteiger partial charge in [0.1, 0.15) is 0 Å². The van der Waals surface area contributed by atoms with Crippen LogP contribution < -0.4 is 0 Å². The normalized spacial score (nSPS) is 24.7. The fourth-order valence-corrected chi connectivity index (χ4v) is 3.73. The van der Waals surface area contributed by atoms with Crippen molar-refractivity contribution in [1.82, 2.24) is 4.90 Å². The van der Waals surface area contributed by atoms with E-state index in [1.54, 1.807) is 0 Å². The van der Waals surface area contributed by atoms with Crippen molar-refractivity contribution in [3.8, 4) is 6.07 Å². The zero-order chi connectivity index (χ0) is 15.8. The van der Waals surface area contributed by atoms with Gasteiger partial charge in [0.25, 0.3) is 0 Å². The van der Waals surface area contributed by atoms with Crippen molar-refractivity contribution in [2.24, 2.45) is 5.92 Å². The number of nitrogens with zero attached hydrogens (tertiary/aromatic N) is 2. The monoisotopic (exact) mass is 300 g/mol. The van der Waals surface area contributed by atoms with Gasteiger partial charge in [0.2, 0.25) is 0 Å². The maximum absolute atomic E-state index is 12.9. The van der Waals surface area contributed by atoms with Gasteiger partial charge in [0, 0.05) is 11.8 Å². The highest BCUT2D eigenvalue weighted by molar-refractivity contribution is 6.00. The molecule has 0 spiro atoms. The summed E-state index contributed by atoms with van der Waals surface area (Å²) >= 11 is 0. The second kappa shape index (κ2) is 5.40. The largest absolute Gasteiger partial charge is 0.359 e. The molecule has 0 aromatic heterocycles. The lowest BCUT2D eigenvalue weighted by molar-refractivity contribution is 0.0885. The minimum absolute atomic E-state index is 0.0288. The Morgan fingerprint density at radius 2 is 1.83 bits per heavy atom. The third kappa shape index (κ3) is 2.15. The fraction of sp³-hybridized carbons (Fsp3) is 0.200. The van der Waals surface area contributed by atoms with Gasteiger partial charge in [-0.05, 0) is 23.6 Å². The topological polar surface area (TPSA) is 44.1 Å². The predicted octanol–water partition coefficient (Wildman–Crippen LogP) is 3.81. The van der Waals surface area contributed by atoms with Gasteiger partial charge in [-0.2, -0.15) is 5.26 Å². The molecule has 2 aromatic carbocycles. The number of ketones is 1. The molecule has 0 amide bonds. The van der Waals surface area contributed by atoms with Crippen molar-refractivity contribution in [2.45, 2.75) is 18.5 Å². The van der Waals surface area contributed by atoms with Gasteiger partial charge in [0.15, 0.2) is 5.78 Å². The Kier molecular flexibility index (Phi) is 3.24. The molecule has 2 heterocycles. The molecule has 0 unspecified atom stereocenters. The Hall–Kier alpha value is -2.86. The van der Waals surface area contributed by atoms with E-state index in [1.165, 1.54) is 0 Å². The van der Waals surface area contributed by atoms with Gasteiger partial charge < -0.3 is 4.90 Å². The summed E-state index contributed by atoms with van der Waals surface area (Å²) in [6.45, 7) is 0. The van der Waals surface area contributed by atoms with Gasteiger partial charge in [-0.25, -0.2) is 0 Å². The summed E-state index contributed by atoms with van der Waals surface area (Å²) in [7, 11) is 0. The van der Waals surface area contributed by atoms with E-state index in [4.69, 9.17) is 0 Å². The minimum Gasteiger partial charge on any atom is -0.359 e. The number of hydrogen-bond acceptors (Lipinski definition) is 3.